The molecule has 3 heterocycles. The van der Waals surface area contributed by atoms with Gasteiger partial charge in [-0.3, -0.25) is 24.1 Å². The number of thiazole rings is 1. The third kappa shape index (κ3) is 7.10. The summed E-state index contributed by atoms with van der Waals surface area (Å²) >= 11 is 7.85. The molecule has 40 heavy (non-hydrogen) atoms. The fourth-order valence-corrected chi connectivity index (χ4v) is 5.58. The highest BCUT2D eigenvalue weighted by Gasteiger charge is 2.54. The summed E-state index contributed by atoms with van der Waals surface area (Å²) in [5.41, 5.74) is -0.442. The number of oxime groups is 1. The normalized spacial score (nSPS) is 18.9. The Balaban J connectivity index is 1.72. The molecule has 0 radical (unpaired) electrons. The maximum Gasteiger partial charge on any atom is 0.358 e. The molecular formula is C23H28ClN5O9S2. The van der Waals surface area contributed by atoms with Crippen LogP contribution >= 0.6 is 34.7 Å². The first-order valence-corrected chi connectivity index (χ1v) is 14.1. The fraction of sp³-hybridized carbons (Fsp3) is 0.522. The van der Waals surface area contributed by atoms with Crippen molar-refractivity contribution >= 4 is 75.2 Å². The molecule has 0 spiro atoms. The fourth-order valence-electron chi connectivity index (χ4n) is 3.48. The Labute approximate surface area is 242 Å². The molecule has 1 unspecified atom stereocenters. The van der Waals surface area contributed by atoms with Gasteiger partial charge >= 0.3 is 11.9 Å². The first kappa shape index (κ1) is 31.3. The topological polar surface area (TPSA) is 175 Å². The number of esters is 2. The van der Waals surface area contributed by atoms with Crippen LogP contribution in [0.1, 0.15) is 26.5 Å². The monoisotopic (exact) mass is 617 g/mol. The SMILES string of the molecule is COCC1=C(C(=O)OCOC(=O)C(C)(C)C)N2C(=O)C(NC(=O)C(=NOC)c3csc(NC(=O)CCl)n3)[C@@H]2SC1. The number of thioether (sulfide) groups is 1. The third-order valence-electron chi connectivity index (χ3n) is 5.35. The van der Waals surface area contributed by atoms with E-state index in [1.165, 1.54) is 36.3 Å². The van der Waals surface area contributed by atoms with Gasteiger partial charge in [-0.1, -0.05) is 5.16 Å². The first-order chi connectivity index (χ1) is 18.9. The maximum absolute atomic E-state index is 13.2. The van der Waals surface area contributed by atoms with Crippen LogP contribution in [0.3, 0.4) is 0 Å². The number of nitrogens with one attached hydrogen (secondary N) is 2. The molecule has 2 atom stereocenters. The highest BCUT2D eigenvalue weighted by Crippen LogP contribution is 2.40. The van der Waals surface area contributed by atoms with Crippen molar-refractivity contribution in [3.63, 3.8) is 0 Å². The standard InChI is InChI=1S/C23H28ClN5O9S2/c1-23(2,3)21(34)38-10-37-20(33)16-11(7-35-4)8-39-19-15(18(32)29(16)19)27-17(31)14(28-36-5)12-9-40-22(25-12)26-13(30)6-24/h9,15,19H,6-8,10H2,1-5H3,(H,27,31)(H,25,26,30)/t15?,19-/m0/s1. The minimum atomic E-state index is -1.00. The molecule has 17 heteroatoms. The van der Waals surface area contributed by atoms with Gasteiger partial charge in [0, 0.05) is 18.2 Å². The van der Waals surface area contributed by atoms with Gasteiger partial charge in [0.25, 0.3) is 11.8 Å². The summed E-state index contributed by atoms with van der Waals surface area (Å²) in [5.74, 6) is -3.19. The van der Waals surface area contributed by atoms with E-state index in [9.17, 15) is 24.0 Å². The predicted octanol–water partition coefficient (Wildman–Crippen LogP) is 1.06. The second-order valence-corrected chi connectivity index (χ2v) is 11.6. The molecule has 1 fully saturated rings. The van der Waals surface area contributed by atoms with Crippen LogP contribution in [0.15, 0.2) is 21.8 Å². The molecule has 0 aromatic carbocycles. The maximum atomic E-state index is 13.2. The molecule has 1 aromatic rings. The number of fused-ring (bicyclic) bond motifs is 1. The van der Waals surface area contributed by atoms with Crippen molar-refractivity contribution in [1.82, 2.24) is 15.2 Å². The van der Waals surface area contributed by atoms with Gasteiger partial charge in [0.15, 0.2) is 10.8 Å². The van der Waals surface area contributed by atoms with Crippen molar-refractivity contribution in [2.75, 3.05) is 44.6 Å². The molecule has 2 aliphatic heterocycles. The lowest BCUT2D eigenvalue weighted by Gasteiger charge is -2.49. The van der Waals surface area contributed by atoms with Crippen molar-refractivity contribution in [3.05, 3.63) is 22.3 Å². The van der Waals surface area contributed by atoms with Crippen LogP contribution in [0.4, 0.5) is 5.13 Å². The van der Waals surface area contributed by atoms with Crippen molar-refractivity contribution in [2.24, 2.45) is 10.6 Å². The number of carbonyl (C=O) groups excluding carboxylic acids is 5. The summed E-state index contributed by atoms with van der Waals surface area (Å²) in [7, 11) is 2.68. The number of β-lactam (4-membered cyclic amide) rings is 1. The van der Waals surface area contributed by atoms with Gasteiger partial charge in [0.05, 0.1) is 12.0 Å². The summed E-state index contributed by atoms with van der Waals surface area (Å²) in [6.07, 6.45) is 0. The predicted molar refractivity (Wildman–Crippen MR) is 145 cm³/mol. The lowest BCUT2D eigenvalue weighted by Crippen LogP contribution is -2.71. The lowest BCUT2D eigenvalue weighted by atomic mass is 9.98. The van der Waals surface area contributed by atoms with Gasteiger partial charge in [-0.05, 0) is 26.3 Å². The van der Waals surface area contributed by atoms with E-state index in [1.807, 2.05) is 0 Å². The third-order valence-corrected chi connectivity index (χ3v) is 7.69. The van der Waals surface area contributed by atoms with Gasteiger partial charge in [-0.2, -0.15) is 0 Å². The number of methoxy groups -OCH3 is 1. The minimum absolute atomic E-state index is 0.0298. The lowest BCUT2D eigenvalue weighted by molar-refractivity contribution is -0.173. The number of rotatable bonds is 11. The molecule has 1 aromatic heterocycles. The van der Waals surface area contributed by atoms with E-state index >= 15 is 0 Å². The Bertz CT molecular complexity index is 1240. The van der Waals surface area contributed by atoms with Crippen molar-refractivity contribution in [3.8, 4) is 0 Å². The van der Waals surface area contributed by atoms with E-state index in [0.29, 0.717) is 11.3 Å². The van der Waals surface area contributed by atoms with Crippen LogP contribution in [0.2, 0.25) is 0 Å². The average Bonchev–Trinajstić information content (AvgIpc) is 3.36. The zero-order chi connectivity index (χ0) is 29.6. The van der Waals surface area contributed by atoms with E-state index in [4.69, 9.17) is 30.6 Å². The zero-order valence-corrected chi connectivity index (χ0v) is 24.7. The van der Waals surface area contributed by atoms with Gasteiger partial charge in [-0.15, -0.1) is 34.7 Å². The number of aromatic nitrogens is 1. The number of anilines is 1. The summed E-state index contributed by atoms with van der Waals surface area (Å²) in [6, 6.07) is -1.00. The number of hydrogen-bond acceptors (Lipinski definition) is 13. The molecule has 3 rings (SSSR count). The van der Waals surface area contributed by atoms with Crippen molar-refractivity contribution in [1.29, 1.82) is 0 Å². The molecular weight excluding hydrogens is 590 g/mol. The van der Waals surface area contributed by atoms with E-state index in [0.717, 1.165) is 11.3 Å². The highest BCUT2D eigenvalue weighted by atomic mass is 35.5. The van der Waals surface area contributed by atoms with Crippen LogP contribution in [-0.4, -0.2) is 95.9 Å². The molecule has 0 aliphatic carbocycles. The molecule has 3 amide bonds. The second kappa shape index (κ2) is 13.4. The van der Waals surface area contributed by atoms with Crippen LogP contribution in [0.5, 0.6) is 0 Å². The Morgan fingerprint density at radius 1 is 1.23 bits per heavy atom. The Hall–Kier alpha value is -3.21. The Morgan fingerprint density at radius 2 is 1.95 bits per heavy atom. The number of amides is 3. The number of hydrogen-bond donors (Lipinski definition) is 2. The van der Waals surface area contributed by atoms with E-state index in [1.54, 1.807) is 20.8 Å². The molecule has 0 saturated carbocycles. The van der Waals surface area contributed by atoms with Gasteiger partial charge in [0.1, 0.15) is 35.8 Å². The number of alkyl halides is 1. The van der Waals surface area contributed by atoms with Crippen molar-refractivity contribution in [2.45, 2.75) is 32.2 Å². The largest absolute Gasteiger partial charge is 0.427 e. The molecule has 2 N–H and O–H groups in total. The number of ether oxygens (including phenoxy) is 3. The Morgan fingerprint density at radius 3 is 2.58 bits per heavy atom. The Kier molecular flexibility index (Phi) is 10.5. The average molecular weight is 618 g/mol. The van der Waals surface area contributed by atoms with Crippen LogP contribution in [0.25, 0.3) is 0 Å². The molecule has 0 bridgehead atoms. The van der Waals surface area contributed by atoms with Crippen molar-refractivity contribution < 1.29 is 43.0 Å². The molecule has 2 aliphatic rings. The van der Waals surface area contributed by atoms with Gasteiger partial charge in [0.2, 0.25) is 12.7 Å². The van der Waals surface area contributed by atoms with E-state index in [2.05, 4.69) is 20.8 Å². The summed E-state index contributed by atoms with van der Waals surface area (Å²) in [6.45, 7) is 4.40. The van der Waals surface area contributed by atoms with E-state index in [-0.39, 0.29) is 34.7 Å². The zero-order valence-electron chi connectivity index (χ0n) is 22.3. The molecule has 1 saturated heterocycles. The summed E-state index contributed by atoms with van der Waals surface area (Å²) < 4.78 is 15.3. The summed E-state index contributed by atoms with van der Waals surface area (Å²) in [5, 5.41) is 9.85. The number of nitrogens with zero attached hydrogens (tertiary/aromatic N) is 3. The van der Waals surface area contributed by atoms with E-state index < -0.39 is 53.3 Å². The van der Waals surface area contributed by atoms with Crippen LogP contribution < -0.4 is 10.6 Å². The molecule has 218 valence electrons. The van der Waals surface area contributed by atoms with Gasteiger partial charge in [-0.25, -0.2) is 9.78 Å². The minimum Gasteiger partial charge on any atom is -0.427 e. The summed E-state index contributed by atoms with van der Waals surface area (Å²) in [4.78, 5) is 72.9. The highest BCUT2D eigenvalue weighted by molar-refractivity contribution is 8.00. The first-order valence-electron chi connectivity index (χ1n) is 11.7. The van der Waals surface area contributed by atoms with Crippen LogP contribution in [-0.2, 0) is 43.0 Å². The van der Waals surface area contributed by atoms with Crippen LogP contribution in [0, 0.1) is 5.41 Å². The van der Waals surface area contributed by atoms with Gasteiger partial charge < -0.3 is 29.7 Å². The smallest absolute Gasteiger partial charge is 0.358 e. The number of carbonyl (C=O) groups is 5. The molecule has 14 nitrogen and oxygen atoms in total. The quantitative estimate of drug-likeness (QED) is 0.0907. The number of halogens is 1. The second-order valence-electron chi connectivity index (χ2n) is 9.32.